The number of rotatable bonds is 63. The van der Waals surface area contributed by atoms with Gasteiger partial charge < -0.3 is 97.9 Å². The van der Waals surface area contributed by atoms with Crippen LogP contribution < -0.4 is 26.6 Å². The number of hydrogen-bond acceptors (Lipinski definition) is 27. The van der Waals surface area contributed by atoms with E-state index in [1.165, 1.54) is 34.6 Å². The fourth-order valence-electron chi connectivity index (χ4n) is 18.0. The normalized spacial score (nSPS) is 27.8. The summed E-state index contributed by atoms with van der Waals surface area (Å²) >= 11 is 0. The second-order valence-electron chi connectivity index (χ2n) is 39.5. The van der Waals surface area contributed by atoms with Crippen molar-refractivity contribution in [2.75, 3.05) is 85.6 Å². The Labute approximate surface area is 793 Å². The van der Waals surface area contributed by atoms with Crippen molar-refractivity contribution in [2.24, 2.45) is 88.3 Å². The van der Waals surface area contributed by atoms with Gasteiger partial charge in [-0.15, -0.1) is 0 Å². The molecule has 0 spiro atoms. The average Bonchev–Trinajstić information content (AvgIpc) is 1.71. The molecule has 0 aliphatic carbocycles. The summed E-state index contributed by atoms with van der Waals surface area (Å²) in [6, 6.07) is -1.60. The molecule has 5 heterocycles. The van der Waals surface area contributed by atoms with Gasteiger partial charge >= 0.3 is 29.8 Å². The fourth-order valence-corrected chi connectivity index (χ4v) is 18.0. The lowest BCUT2D eigenvalue weighted by Crippen LogP contribution is -2.47. The van der Waals surface area contributed by atoms with E-state index in [0.29, 0.717) is 123 Å². The number of amides is 6. The highest BCUT2D eigenvalue weighted by Gasteiger charge is 2.46. The minimum atomic E-state index is -1.10. The highest BCUT2D eigenvalue weighted by Crippen LogP contribution is 2.41. The zero-order valence-electron chi connectivity index (χ0n) is 84.9. The van der Waals surface area contributed by atoms with Crippen LogP contribution in [-0.4, -0.2) is 241 Å². The number of carbonyl (C=O) groups is 14. The fraction of sp³-hybridized carbons (Fsp3) is 0.860. The molecule has 5 aliphatic heterocycles. The van der Waals surface area contributed by atoms with E-state index < -0.39 is 96.1 Å². The lowest BCUT2D eigenvalue weighted by atomic mass is 9.79. The van der Waals surface area contributed by atoms with Crippen LogP contribution in [0.3, 0.4) is 0 Å². The average molecular weight is 1890 g/mol. The summed E-state index contributed by atoms with van der Waals surface area (Å²) in [7, 11) is 0. The molecule has 6 amide bonds. The Morgan fingerprint density at radius 1 is 0.391 bits per heavy atom. The Bertz CT molecular complexity index is 3630. The summed E-state index contributed by atoms with van der Waals surface area (Å²) in [6.07, 6.45) is 4.14. The Morgan fingerprint density at radius 2 is 0.744 bits per heavy atom. The number of ether oxygens (including phenoxy) is 13. The molecule has 5 saturated heterocycles. The molecule has 0 aromatic heterocycles. The number of carbonyl (C=O) groups excluding carboxylic acids is 14. The van der Waals surface area contributed by atoms with Crippen molar-refractivity contribution >= 4 is 82.6 Å². The zero-order chi connectivity index (χ0) is 99.3. The van der Waals surface area contributed by atoms with Gasteiger partial charge in [0.25, 0.3) is 0 Å². The third-order valence-corrected chi connectivity index (χ3v) is 28.6. The first-order chi connectivity index (χ1) is 63.5. The molecule has 5 fully saturated rings. The minimum absolute atomic E-state index is 0.000975. The zero-order valence-corrected chi connectivity index (χ0v) is 83.9. The summed E-state index contributed by atoms with van der Waals surface area (Å²) in [4.78, 5) is 186. The van der Waals surface area contributed by atoms with Crippen molar-refractivity contribution in [3.05, 3.63) is 0 Å². The summed E-state index contributed by atoms with van der Waals surface area (Å²) in [5, 5.41) is 15.0. The molecule has 33 nitrogen and oxygen atoms in total. The summed E-state index contributed by atoms with van der Waals surface area (Å²) < 4.78 is 85.0. The van der Waals surface area contributed by atoms with Crippen LogP contribution in [-0.2, 0) is 129 Å². The largest absolute Gasteiger partial charge is 0.463 e. The minimum Gasteiger partial charge on any atom is -0.463 e. The third-order valence-electron chi connectivity index (χ3n) is 28.6. The van der Waals surface area contributed by atoms with Crippen LogP contribution in [0.1, 0.15) is 313 Å². The topological polar surface area (TPSA) is 422 Å². The maximum absolute atomic E-state index is 15.1. The van der Waals surface area contributed by atoms with Gasteiger partial charge in [-0.3, -0.25) is 62.3 Å². The number of esters is 5. The number of nitrogens with zero attached hydrogens (tertiary/aromatic N) is 1. The number of Topliss-reactive ketones (excluding diaryl/α,β-unsaturated/α-hetero) is 3. The maximum Gasteiger partial charge on any atom is 0.306 e. The molecule has 0 aromatic carbocycles. The SMILES string of the molecule is [2H]C[C@@H]1C[C@@H](OC(=O)CCC(C)=O)CN1C(=O)C(C)(C)CCNC(=O)C(CCCCNC(=O)C(CCCCNC(=O)CCCCO[C@@H]1OC(COC(C)=O)[C@H](C)[C@H](C)C1C)CC(=O)CCCCO[C@@H]1OC(COC(C)=O)[C@H](C)[C@H](C)C1C)CC(=O)C(CCCCNC(=O)CCCCO[C@@H]1OC(COC(C)=O)[C@H](C)[C@H](C)C1C)NC(=O)CCCCO[C@@H]1OC(COC(C)=O)[C@H](C)[C@H](C)C1C. The molecule has 5 aliphatic rings. The van der Waals surface area contributed by atoms with Gasteiger partial charge in [0.2, 0.25) is 35.4 Å². The number of hydrogen-bond donors (Lipinski definition) is 5. The van der Waals surface area contributed by atoms with Crippen LogP contribution in [0, 0.1) is 88.3 Å². The molecule has 133 heavy (non-hydrogen) atoms. The van der Waals surface area contributed by atoms with Crippen molar-refractivity contribution in [2.45, 2.75) is 380 Å². The van der Waals surface area contributed by atoms with Crippen LogP contribution in [0.2, 0.25) is 0 Å². The number of ketones is 3. The van der Waals surface area contributed by atoms with Crippen molar-refractivity contribution in [3.8, 4) is 0 Å². The molecule has 0 aromatic rings. The van der Waals surface area contributed by atoms with Crippen LogP contribution in [0.15, 0.2) is 0 Å². The van der Waals surface area contributed by atoms with E-state index in [4.69, 9.17) is 62.9 Å². The molecule has 762 valence electrons. The quantitative estimate of drug-likeness (QED) is 0.0214. The molecule has 11 unspecified atom stereocenters. The summed E-state index contributed by atoms with van der Waals surface area (Å²) in [5.74, 6) is -4.60. The van der Waals surface area contributed by atoms with Gasteiger partial charge in [-0.05, 0) is 164 Å². The predicted octanol–water partition coefficient (Wildman–Crippen LogP) is 12.4. The van der Waals surface area contributed by atoms with Gasteiger partial charge in [0.05, 0.1) is 43.4 Å². The second kappa shape index (κ2) is 61.2. The lowest BCUT2D eigenvalue weighted by molar-refractivity contribution is -0.255. The molecule has 5 rings (SSSR count). The molecular formula is C100H170N6O27. The Morgan fingerprint density at radius 3 is 1.12 bits per heavy atom. The Hall–Kier alpha value is -7.14. The summed E-state index contributed by atoms with van der Waals surface area (Å²) in [6.45, 7) is 37.8. The predicted molar refractivity (Wildman–Crippen MR) is 496 cm³/mol. The first kappa shape index (κ1) is 115. The van der Waals surface area contributed by atoms with Crippen molar-refractivity contribution < 1.29 is 130 Å². The van der Waals surface area contributed by atoms with Gasteiger partial charge in [0.1, 0.15) is 44.1 Å². The molecule has 0 bridgehead atoms. The Balaban J connectivity index is 1.29. The van der Waals surface area contributed by atoms with Crippen LogP contribution in [0.5, 0.6) is 0 Å². The molecule has 33 heteroatoms. The van der Waals surface area contributed by atoms with Crippen LogP contribution in [0.25, 0.3) is 0 Å². The van der Waals surface area contributed by atoms with E-state index in [9.17, 15) is 62.3 Å². The maximum atomic E-state index is 15.1. The van der Waals surface area contributed by atoms with Crippen molar-refractivity contribution in [3.63, 3.8) is 0 Å². The van der Waals surface area contributed by atoms with E-state index >= 15 is 4.79 Å². The van der Waals surface area contributed by atoms with E-state index in [0.717, 1.165) is 0 Å². The standard InChI is InChI=1S/C100H170N6O27/c1-61-53-82(129-92(117)43-42-62(2)107)56-106(61)99(120)100(19,20)44-48-104-94(119)80(55-84(113)83(105-91(116)41-27-34-52-124-98-74(14)66(6)70(10)88(133-98)60-128-78(18)111)38-23-30-46-102-90(115)40-26-33-51-123-97-73(13)65(5)69(9)87(132-97)59-127-77(17)110)36-22-29-47-103-93(118)79(54-81(112)37-24-31-49-121-95-71(11)63(3)67(7)85(130-95)57-125-75(15)108)35-21-28-45-101-89(114)39-25-32-50-122-96-72(12)64(4)68(8)86(131-96)58-126-76(16)109/h61,63-74,79-80,82-83,85-88,95-98H,21-60H2,1-20H3,(H,101,114)(H,102,115)(H,103,118)(H,104,119)(H,105,116)/t61-,63+,64+,65+,66+,67-,68-,69-,70-,71?,72?,73?,74?,79?,80?,82-,83?,85?,86?,87?,88?,95-,96-,97-,98-/m1/s1/i1D. The highest BCUT2D eigenvalue weighted by molar-refractivity contribution is 5.93. The summed E-state index contributed by atoms with van der Waals surface area (Å²) in [5.41, 5.74) is -1.10. The number of unbranched alkanes of at least 4 members (excludes halogenated alkanes) is 7. The van der Waals surface area contributed by atoms with Gasteiger partial charge in [0.15, 0.2) is 30.9 Å². The Kier molecular flexibility index (Phi) is 52.8. The number of nitrogens with one attached hydrogen (secondary N) is 5. The van der Waals surface area contributed by atoms with E-state index in [1.54, 1.807) is 18.7 Å². The first-order valence-electron chi connectivity index (χ1n) is 50.6. The van der Waals surface area contributed by atoms with E-state index in [-0.39, 0.29) is 286 Å². The molecule has 25 atom stereocenters. The van der Waals surface area contributed by atoms with Crippen molar-refractivity contribution in [1.29, 1.82) is 0 Å². The third kappa shape index (κ3) is 42.4. The van der Waals surface area contributed by atoms with E-state index in [1.807, 2.05) is 6.92 Å². The van der Waals surface area contributed by atoms with Gasteiger partial charge in [-0.1, -0.05) is 110 Å². The molecule has 0 saturated carbocycles. The second-order valence-corrected chi connectivity index (χ2v) is 39.5. The molecular weight excluding hydrogens is 1720 g/mol. The first-order valence-corrected chi connectivity index (χ1v) is 49.9. The van der Waals surface area contributed by atoms with E-state index in [2.05, 4.69) is 103 Å². The van der Waals surface area contributed by atoms with Gasteiger partial charge in [-0.25, -0.2) is 0 Å². The van der Waals surface area contributed by atoms with Gasteiger partial charge in [0, 0.05) is 180 Å². The highest BCUT2D eigenvalue weighted by atomic mass is 16.7. The van der Waals surface area contributed by atoms with Crippen LogP contribution >= 0.6 is 0 Å². The smallest absolute Gasteiger partial charge is 0.306 e. The lowest BCUT2D eigenvalue weighted by Gasteiger charge is -2.43. The number of likely N-dealkylation sites (tertiary alicyclic amines) is 1. The van der Waals surface area contributed by atoms with Gasteiger partial charge in [-0.2, -0.15) is 0 Å². The van der Waals surface area contributed by atoms with Crippen LogP contribution in [0.4, 0.5) is 0 Å². The monoisotopic (exact) mass is 1890 g/mol. The molecule has 0 radical (unpaired) electrons. The van der Waals surface area contributed by atoms with Crippen molar-refractivity contribution in [1.82, 2.24) is 31.5 Å². The molecule has 5 N–H and O–H groups in total.